The molecule has 0 amide bonds. The second kappa shape index (κ2) is 6.77. The quantitative estimate of drug-likeness (QED) is 0.554. The van der Waals surface area contributed by atoms with Crippen LogP contribution in [0.15, 0.2) is 60.9 Å². The summed E-state index contributed by atoms with van der Waals surface area (Å²) < 4.78 is 4.11. The Kier molecular flexibility index (Phi) is 4.31. The van der Waals surface area contributed by atoms with Crippen molar-refractivity contribution in [3.63, 3.8) is 0 Å². The number of aryl methyl sites for hydroxylation is 1. The first kappa shape index (κ1) is 16.5. The lowest BCUT2D eigenvalue weighted by Crippen LogP contribution is -2.19. The van der Waals surface area contributed by atoms with Crippen LogP contribution in [-0.2, 0) is 20.1 Å². The summed E-state index contributed by atoms with van der Waals surface area (Å²) in [6.07, 6.45) is 4.05. The SMILES string of the molecule is Cc1c(CN(C)Cc2c(-c3ccccc3)nc3ccccn23)cnn1C. The van der Waals surface area contributed by atoms with Gasteiger partial charge in [0.05, 0.1) is 17.6 Å². The lowest BCUT2D eigenvalue weighted by molar-refractivity contribution is 0.314. The highest BCUT2D eigenvalue weighted by molar-refractivity contribution is 5.66. The van der Waals surface area contributed by atoms with Crippen molar-refractivity contribution >= 4 is 5.65 Å². The molecule has 0 aliphatic carbocycles. The molecule has 0 atom stereocenters. The van der Waals surface area contributed by atoms with Gasteiger partial charge in [-0.25, -0.2) is 4.98 Å². The first-order valence-electron chi connectivity index (χ1n) is 8.81. The van der Waals surface area contributed by atoms with Gasteiger partial charge >= 0.3 is 0 Å². The monoisotopic (exact) mass is 345 g/mol. The Balaban J connectivity index is 1.70. The maximum absolute atomic E-state index is 4.88. The Hall–Kier alpha value is -2.92. The molecule has 132 valence electrons. The number of hydrogen-bond acceptors (Lipinski definition) is 3. The molecule has 0 spiro atoms. The number of benzene rings is 1. The highest BCUT2D eigenvalue weighted by Crippen LogP contribution is 2.25. The second-order valence-electron chi connectivity index (χ2n) is 6.75. The molecule has 4 rings (SSSR count). The van der Waals surface area contributed by atoms with Gasteiger partial charge in [-0.2, -0.15) is 5.10 Å². The average molecular weight is 345 g/mol. The smallest absolute Gasteiger partial charge is 0.137 e. The lowest BCUT2D eigenvalue weighted by Gasteiger charge is -2.17. The van der Waals surface area contributed by atoms with Gasteiger partial charge in [-0.3, -0.25) is 9.58 Å². The van der Waals surface area contributed by atoms with E-state index in [9.17, 15) is 0 Å². The molecule has 26 heavy (non-hydrogen) atoms. The van der Waals surface area contributed by atoms with Gasteiger partial charge in [0.25, 0.3) is 0 Å². The Labute approximate surface area is 153 Å². The molecule has 0 unspecified atom stereocenters. The third-order valence-corrected chi connectivity index (χ3v) is 4.87. The van der Waals surface area contributed by atoms with Crippen LogP contribution in [-0.4, -0.2) is 31.1 Å². The fraction of sp³-hybridized carbons (Fsp3) is 0.238. The molecule has 0 bridgehead atoms. The largest absolute Gasteiger partial charge is 0.302 e. The zero-order valence-electron chi connectivity index (χ0n) is 15.4. The second-order valence-corrected chi connectivity index (χ2v) is 6.75. The van der Waals surface area contributed by atoms with Gasteiger partial charge in [0.2, 0.25) is 0 Å². The van der Waals surface area contributed by atoms with Crippen LogP contribution < -0.4 is 0 Å². The maximum atomic E-state index is 4.88. The van der Waals surface area contributed by atoms with E-state index in [2.05, 4.69) is 71.0 Å². The van der Waals surface area contributed by atoms with Crippen LogP contribution in [0.3, 0.4) is 0 Å². The summed E-state index contributed by atoms with van der Waals surface area (Å²) in [5, 5.41) is 4.35. The molecule has 3 heterocycles. The van der Waals surface area contributed by atoms with Crippen molar-refractivity contribution in [2.24, 2.45) is 7.05 Å². The third-order valence-electron chi connectivity index (χ3n) is 4.87. The van der Waals surface area contributed by atoms with Crippen molar-refractivity contribution in [2.45, 2.75) is 20.0 Å². The predicted octanol–water partition coefficient (Wildman–Crippen LogP) is 3.68. The minimum absolute atomic E-state index is 0.809. The summed E-state index contributed by atoms with van der Waals surface area (Å²) >= 11 is 0. The number of pyridine rings is 1. The molecule has 0 aliphatic heterocycles. The minimum Gasteiger partial charge on any atom is -0.302 e. The van der Waals surface area contributed by atoms with Crippen molar-refractivity contribution in [1.82, 2.24) is 24.1 Å². The van der Waals surface area contributed by atoms with Gasteiger partial charge in [0, 0.05) is 43.2 Å². The van der Waals surface area contributed by atoms with E-state index in [0.29, 0.717) is 0 Å². The highest BCUT2D eigenvalue weighted by atomic mass is 15.3. The van der Waals surface area contributed by atoms with E-state index < -0.39 is 0 Å². The summed E-state index contributed by atoms with van der Waals surface area (Å²) in [6, 6.07) is 16.5. The van der Waals surface area contributed by atoms with Crippen LogP contribution >= 0.6 is 0 Å². The van der Waals surface area contributed by atoms with Gasteiger partial charge in [0.1, 0.15) is 5.65 Å². The number of nitrogens with zero attached hydrogens (tertiary/aromatic N) is 5. The summed E-state index contributed by atoms with van der Waals surface area (Å²) in [6.45, 7) is 3.78. The molecule has 5 heteroatoms. The van der Waals surface area contributed by atoms with Gasteiger partial charge in [0.15, 0.2) is 0 Å². The van der Waals surface area contributed by atoms with Crippen LogP contribution in [0.5, 0.6) is 0 Å². The van der Waals surface area contributed by atoms with Crippen molar-refractivity contribution in [2.75, 3.05) is 7.05 Å². The summed E-state index contributed by atoms with van der Waals surface area (Å²) in [7, 11) is 4.13. The maximum Gasteiger partial charge on any atom is 0.137 e. The van der Waals surface area contributed by atoms with Crippen molar-refractivity contribution < 1.29 is 0 Å². The standard InChI is InChI=1S/C21H23N5/c1-16-18(13-22-25(16)3)14-24(2)15-19-21(17-9-5-4-6-10-17)23-20-11-7-8-12-26(19)20/h4-13H,14-15H2,1-3H3. The molecule has 1 aromatic carbocycles. The number of rotatable bonds is 5. The molecule has 0 aliphatic rings. The van der Waals surface area contributed by atoms with Gasteiger partial charge in [-0.1, -0.05) is 36.4 Å². The van der Waals surface area contributed by atoms with Crippen LogP contribution in [0.2, 0.25) is 0 Å². The average Bonchev–Trinajstić information content (AvgIpc) is 3.18. The third kappa shape index (κ3) is 3.02. The predicted molar refractivity (Wildman–Crippen MR) is 104 cm³/mol. The van der Waals surface area contributed by atoms with E-state index in [-0.39, 0.29) is 0 Å². The van der Waals surface area contributed by atoms with Crippen molar-refractivity contribution in [3.8, 4) is 11.3 Å². The molecule has 0 saturated carbocycles. The van der Waals surface area contributed by atoms with Gasteiger partial charge in [-0.05, 0) is 26.1 Å². The van der Waals surface area contributed by atoms with E-state index in [1.807, 2.05) is 30.1 Å². The fourth-order valence-corrected chi connectivity index (χ4v) is 3.33. The van der Waals surface area contributed by atoms with Crippen molar-refractivity contribution in [1.29, 1.82) is 0 Å². The molecule has 0 fully saturated rings. The summed E-state index contributed by atoms with van der Waals surface area (Å²) in [5.41, 5.74) is 6.84. The Morgan fingerprint density at radius 2 is 1.77 bits per heavy atom. The topological polar surface area (TPSA) is 38.4 Å². The Morgan fingerprint density at radius 3 is 2.50 bits per heavy atom. The van der Waals surface area contributed by atoms with Crippen LogP contribution in [0, 0.1) is 6.92 Å². The summed E-state index contributed by atoms with van der Waals surface area (Å²) in [4.78, 5) is 7.20. The molecule has 0 radical (unpaired) electrons. The highest BCUT2D eigenvalue weighted by Gasteiger charge is 2.16. The summed E-state index contributed by atoms with van der Waals surface area (Å²) in [5.74, 6) is 0. The van der Waals surface area contributed by atoms with Gasteiger partial charge in [-0.15, -0.1) is 0 Å². The van der Waals surface area contributed by atoms with Crippen LogP contribution in [0.25, 0.3) is 16.9 Å². The number of hydrogen-bond donors (Lipinski definition) is 0. The molecule has 0 saturated heterocycles. The zero-order chi connectivity index (χ0) is 18.1. The van der Waals surface area contributed by atoms with E-state index in [4.69, 9.17) is 4.98 Å². The van der Waals surface area contributed by atoms with Crippen LogP contribution in [0.4, 0.5) is 0 Å². The lowest BCUT2D eigenvalue weighted by atomic mass is 10.1. The minimum atomic E-state index is 0.809. The molecule has 0 N–H and O–H groups in total. The Bertz CT molecular complexity index is 1030. The molecular weight excluding hydrogens is 322 g/mol. The van der Waals surface area contributed by atoms with E-state index in [1.165, 1.54) is 17.0 Å². The normalized spacial score (nSPS) is 11.5. The molecule has 3 aromatic heterocycles. The first-order chi connectivity index (χ1) is 12.6. The van der Waals surface area contributed by atoms with E-state index in [1.54, 1.807) is 0 Å². The van der Waals surface area contributed by atoms with Crippen LogP contribution in [0.1, 0.15) is 17.0 Å². The molecular formula is C21H23N5. The number of imidazole rings is 1. The molecule has 4 aromatic rings. The van der Waals surface area contributed by atoms with E-state index in [0.717, 1.165) is 30.0 Å². The van der Waals surface area contributed by atoms with Crippen molar-refractivity contribution in [3.05, 3.63) is 77.9 Å². The Morgan fingerprint density at radius 1 is 1.00 bits per heavy atom. The number of aromatic nitrogens is 4. The zero-order valence-corrected chi connectivity index (χ0v) is 15.4. The van der Waals surface area contributed by atoms with E-state index >= 15 is 0 Å². The fourth-order valence-electron chi connectivity index (χ4n) is 3.33. The number of fused-ring (bicyclic) bond motifs is 1. The van der Waals surface area contributed by atoms with Gasteiger partial charge < -0.3 is 4.40 Å². The molecule has 5 nitrogen and oxygen atoms in total. The first-order valence-corrected chi connectivity index (χ1v) is 8.81.